The number of aliphatic hydroxyl groups excluding tert-OH is 1. The molecule has 0 saturated heterocycles. The molecule has 0 aliphatic heterocycles. The highest BCUT2D eigenvalue weighted by atomic mass is 16.5. The summed E-state index contributed by atoms with van der Waals surface area (Å²) in [5, 5.41) is 11.5. The second-order valence-corrected chi connectivity index (χ2v) is 3.03. The van der Waals surface area contributed by atoms with E-state index in [4.69, 9.17) is 9.84 Å². The van der Waals surface area contributed by atoms with Gasteiger partial charge in [0.15, 0.2) is 11.7 Å². The van der Waals surface area contributed by atoms with Crippen molar-refractivity contribution < 1.29 is 14.6 Å². The topological polar surface area (TPSA) is 58.6 Å². The maximum absolute atomic E-state index is 10.7. The first-order valence-electron chi connectivity index (χ1n) is 4.81. The van der Waals surface area contributed by atoms with Crippen LogP contribution in [-0.2, 0) is 9.53 Å². The van der Waals surface area contributed by atoms with Crippen LogP contribution in [0.25, 0.3) is 0 Å². The third-order valence-electron chi connectivity index (χ3n) is 1.69. The Bertz CT molecular complexity index is 190. The summed E-state index contributed by atoms with van der Waals surface area (Å²) in [6.07, 6.45) is 4.17. The first-order chi connectivity index (χ1) is 6.70. The highest BCUT2D eigenvalue weighted by Gasteiger charge is 1.96. The average Bonchev–Trinajstić information content (AvgIpc) is 2.15. The SMILES string of the molecule is CO/C(=C\C(C)=O)NCCCCCO. The lowest BCUT2D eigenvalue weighted by atomic mass is 10.2. The Balaban J connectivity index is 3.58. The number of ether oxygens (including phenoxy) is 1. The van der Waals surface area contributed by atoms with Crippen molar-refractivity contribution in [2.24, 2.45) is 0 Å². The number of carbonyl (C=O) groups excluding carboxylic acids is 1. The van der Waals surface area contributed by atoms with Crippen molar-refractivity contribution in [3.8, 4) is 0 Å². The number of aliphatic hydroxyl groups is 1. The zero-order valence-corrected chi connectivity index (χ0v) is 8.88. The van der Waals surface area contributed by atoms with Gasteiger partial charge in [-0.2, -0.15) is 0 Å². The Labute approximate surface area is 85.0 Å². The predicted molar refractivity (Wildman–Crippen MR) is 54.7 cm³/mol. The highest BCUT2D eigenvalue weighted by molar-refractivity contribution is 5.87. The van der Waals surface area contributed by atoms with Gasteiger partial charge in [0.05, 0.1) is 7.11 Å². The predicted octanol–water partition coefficient (Wildman–Crippen LogP) is 0.815. The van der Waals surface area contributed by atoms with Crippen molar-refractivity contribution in [2.75, 3.05) is 20.3 Å². The number of rotatable bonds is 8. The molecule has 0 fully saturated rings. The molecule has 0 atom stereocenters. The third kappa shape index (κ3) is 7.61. The minimum absolute atomic E-state index is 0.0373. The van der Waals surface area contributed by atoms with Crippen LogP contribution in [0.3, 0.4) is 0 Å². The van der Waals surface area contributed by atoms with Crippen molar-refractivity contribution >= 4 is 5.78 Å². The molecule has 0 aromatic carbocycles. The Hall–Kier alpha value is -1.03. The summed E-state index contributed by atoms with van der Waals surface area (Å²) in [6, 6.07) is 0. The maximum Gasteiger partial charge on any atom is 0.189 e. The lowest BCUT2D eigenvalue weighted by Crippen LogP contribution is -2.17. The molecule has 0 heterocycles. The lowest BCUT2D eigenvalue weighted by Gasteiger charge is -2.08. The second-order valence-electron chi connectivity index (χ2n) is 3.03. The Morgan fingerprint density at radius 1 is 1.43 bits per heavy atom. The smallest absolute Gasteiger partial charge is 0.189 e. The summed E-state index contributed by atoms with van der Waals surface area (Å²) >= 11 is 0. The maximum atomic E-state index is 10.7. The summed E-state index contributed by atoms with van der Waals surface area (Å²) in [6.45, 7) is 2.47. The number of methoxy groups -OCH3 is 1. The van der Waals surface area contributed by atoms with E-state index in [1.54, 1.807) is 0 Å². The van der Waals surface area contributed by atoms with Gasteiger partial charge in [-0.25, -0.2) is 0 Å². The van der Waals surface area contributed by atoms with Crippen LogP contribution in [-0.4, -0.2) is 31.2 Å². The lowest BCUT2D eigenvalue weighted by molar-refractivity contribution is -0.112. The van der Waals surface area contributed by atoms with Gasteiger partial charge in [-0.15, -0.1) is 0 Å². The molecule has 14 heavy (non-hydrogen) atoms. The summed E-state index contributed by atoms with van der Waals surface area (Å²) in [5.41, 5.74) is 0. The van der Waals surface area contributed by atoms with E-state index in [9.17, 15) is 4.79 Å². The van der Waals surface area contributed by atoms with Crippen LogP contribution in [0.2, 0.25) is 0 Å². The molecule has 0 aromatic heterocycles. The van der Waals surface area contributed by atoms with E-state index in [2.05, 4.69) is 5.32 Å². The molecule has 0 aliphatic carbocycles. The number of nitrogens with one attached hydrogen (secondary N) is 1. The van der Waals surface area contributed by atoms with Crippen molar-refractivity contribution in [2.45, 2.75) is 26.2 Å². The van der Waals surface area contributed by atoms with Crippen LogP contribution in [0.4, 0.5) is 0 Å². The van der Waals surface area contributed by atoms with E-state index >= 15 is 0 Å². The van der Waals surface area contributed by atoms with E-state index < -0.39 is 0 Å². The molecular weight excluding hydrogens is 182 g/mol. The number of hydrogen-bond acceptors (Lipinski definition) is 4. The van der Waals surface area contributed by atoms with Crippen LogP contribution in [0, 0.1) is 0 Å². The van der Waals surface area contributed by atoms with Gasteiger partial charge in [-0.05, 0) is 26.2 Å². The summed E-state index contributed by atoms with van der Waals surface area (Å²) in [7, 11) is 1.52. The Kier molecular flexibility index (Phi) is 7.93. The molecule has 0 bridgehead atoms. The first kappa shape index (κ1) is 13.0. The zero-order valence-electron chi connectivity index (χ0n) is 8.88. The van der Waals surface area contributed by atoms with Crippen LogP contribution in [0.1, 0.15) is 26.2 Å². The molecule has 0 aliphatic rings. The Morgan fingerprint density at radius 3 is 2.64 bits per heavy atom. The molecule has 0 aromatic rings. The first-order valence-corrected chi connectivity index (χ1v) is 4.81. The fourth-order valence-corrected chi connectivity index (χ4v) is 0.992. The molecule has 0 unspecified atom stereocenters. The normalized spacial score (nSPS) is 11.2. The third-order valence-corrected chi connectivity index (χ3v) is 1.69. The van der Waals surface area contributed by atoms with Crippen molar-refractivity contribution in [3.63, 3.8) is 0 Å². The van der Waals surface area contributed by atoms with E-state index in [1.165, 1.54) is 20.1 Å². The summed E-state index contributed by atoms with van der Waals surface area (Å²) in [4.78, 5) is 10.7. The van der Waals surface area contributed by atoms with Crippen LogP contribution in [0.5, 0.6) is 0 Å². The number of hydrogen-bond donors (Lipinski definition) is 2. The molecule has 82 valence electrons. The van der Waals surface area contributed by atoms with Gasteiger partial charge < -0.3 is 15.2 Å². The van der Waals surface area contributed by atoms with Gasteiger partial charge in [0.2, 0.25) is 0 Å². The van der Waals surface area contributed by atoms with Crippen LogP contribution in [0.15, 0.2) is 12.0 Å². The van der Waals surface area contributed by atoms with Crippen molar-refractivity contribution in [1.29, 1.82) is 0 Å². The standard InChI is InChI=1S/C10H19NO3/c1-9(13)8-10(14-2)11-6-4-3-5-7-12/h8,11-12H,3-7H2,1-2H3/b10-8-. The molecule has 2 N–H and O–H groups in total. The quantitative estimate of drug-likeness (QED) is 0.347. The van der Waals surface area contributed by atoms with E-state index in [-0.39, 0.29) is 12.4 Å². The number of unbranched alkanes of at least 4 members (excludes halogenated alkanes) is 2. The average molecular weight is 201 g/mol. The van der Waals surface area contributed by atoms with E-state index in [1.807, 2.05) is 0 Å². The fourth-order valence-electron chi connectivity index (χ4n) is 0.992. The Morgan fingerprint density at radius 2 is 2.14 bits per heavy atom. The van der Waals surface area contributed by atoms with Crippen LogP contribution < -0.4 is 5.32 Å². The summed E-state index contributed by atoms with van der Waals surface area (Å²) < 4.78 is 4.95. The second kappa shape index (κ2) is 8.56. The number of ketones is 1. The van der Waals surface area contributed by atoms with Gasteiger partial charge in [0.25, 0.3) is 0 Å². The molecule has 0 rings (SSSR count). The van der Waals surface area contributed by atoms with Gasteiger partial charge in [0, 0.05) is 19.2 Å². The number of carbonyl (C=O) groups is 1. The molecule has 4 nitrogen and oxygen atoms in total. The van der Waals surface area contributed by atoms with Gasteiger partial charge in [0.1, 0.15) is 0 Å². The van der Waals surface area contributed by atoms with E-state index in [0.717, 1.165) is 25.8 Å². The number of allylic oxidation sites excluding steroid dienone is 1. The van der Waals surface area contributed by atoms with Crippen molar-refractivity contribution in [3.05, 3.63) is 12.0 Å². The largest absolute Gasteiger partial charge is 0.482 e. The van der Waals surface area contributed by atoms with Gasteiger partial charge in [-0.3, -0.25) is 4.79 Å². The highest BCUT2D eigenvalue weighted by Crippen LogP contribution is 1.95. The van der Waals surface area contributed by atoms with Gasteiger partial charge >= 0.3 is 0 Å². The summed E-state index contributed by atoms with van der Waals surface area (Å²) in [5.74, 6) is 0.464. The fraction of sp³-hybridized carbons (Fsp3) is 0.700. The van der Waals surface area contributed by atoms with E-state index in [0.29, 0.717) is 5.88 Å². The monoisotopic (exact) mass is 201 g/mol. The van der Waals surface area contributed by atoms with Gasteiger partial charge in [-0.1, -0.05) is 0 Å². The minimum atomic E-state index is -0.0373. The molecule has 0 radical (unpaired) electrons. The molecule has 0 amide bonds. The van der Waals surface area contributed by atoms with Crippen LogP contribution >= 0.6 is 0 Å². The molecule has 4 heteroatoms. The minimum Gasteiger partial charge on any atom is -0.482 e. The molecular formula is C10H19NO3. The zero-order chi connectivity index (χ0) is 10.8. The molecule has 0 spiro atoms. The van der Waals surface area contributed by atoms with Crippen molar-refractivity contribution in [1.82, 2.24) is 5.32 Å². The molecule has 0 saturated carbocycles.